The lowest BCUT2D eigenvalue weighted by atomic mass is 10.1. The highest BCUT2D eigenvalue weighted by molar-refractivity contribution is 7.89. The van der Waals surface area contributed by atoms with Crippen LogP contribution in [0.5, 0.6) is 5.75 Å². The van der Waals surface area contributed by atoms with Crippen LogP contribution in [0, 0.1) is 0 Å². The van der Waals surface area contributed by atoms with Gasteiger partial charge in [-0.3, -0.25) is 9.59 Å². The van der Waals surface area contributed by atoms with Gasteiger partial charge in [-0.25, -0.2) is 8.42 Å². The molecule has 0 bridgehead atoms. The second-order valence-corrected chi connectivity index (χ2v) is 12.1. The molecule has 2 aromatic rings. The molecule has 2 amide bonds. The first-order chi connectivity index (χ1) is 18.8. The SMILES string of the molecule is COc1ccc(CN(C(=O)CCc2ccc(S(=O)(=O)N3CCCC3)cc2)C(C)C(=O)NCC2CCCO2)cc1. The molecular weight excluding hydrogens is 518 g/mol. The summed E-state index contributed by atoms with van der Waals surface area (Å²) in [5, 5.41) is 2.94. The molecule has 2 aliphatic heterocycles. The quantitative estimate of drug-likeness (QED) is 0.430. The first-order valence-electron chi connectivity index (χ1n) is 13.7. The highest BCUT2D eigenvalue weighted by atomic mass is 32.2. The van der Waals surface area contributed by atoms with Crippen molar-refractivity contribution in [2.75, 3.05) is 33.4 Å². The molecule has 0 aromatic heterocycles. The number of nitrogens with one attached hydrogen (secondary N) is 1. The highest BCUT2D eigenvalue weighted by Gasteiger charge is 2.28. The van der Waals surface area contributed by atoms with Crippen LogP contribution < -0.4 is 10.1 Å². The van der Waals surface area contributed by atoms with Gasteiger partial charge in [0.05, 0.1) is 18.1 Å². The van der Waals surface area contributed by atoms with Gasteiger partial charge in [-0.05, 0) is 74.4 Å². The van der Waals surface area contributed by atoms with Gasteiger partial charge in [-0.2, -0.15) is 4.31 Å². The normalized spacial score (nSPS) is 18.6. The Bertz CT molecular complexity index is 1200. The molecule has 1 N–H and O–H groups in total. The first kappa shape index (κ1) is 29.0. The van der Waals surface area contributed by atoms with Gasteiger partial charge >= 0.3 is 0 Å². The number of carbonyl (C=O) groups is 2. The van der Waals surface area contributed by atoms with E-state index in [1.807, 2.05) is 24.3 Å². The van der Waals surface area contributed by atoms with Crippen LogP contribution in [0.15, 0.2) is 53.4 Å². The van der Waals surface area contributed by atoms with E-state index >= 15 is 0 Å². The number of aryl methyl sites for hydroxylation is 1. The van der Waals surface area contributed by atoms with Gasteiger partial charge in [-0.1, -0.05) is 24.3 Å². The molecule has 0 radical (unpaired) electrons. The van der Waals surface area contributed by atoms with Gasteiger partial charge in [-0.15, -0.1) is 0 Å². The van der Waals surface area contributed by atoms with E-state index in [0.717, 1.165) is 36.8 Å². The predicted molar refractivity (Wildman–Crippen MR) is 148 cm³/mol. The molecule has 39 heavy (non-hydrogen) atoms. The number of hydrogen-bond donors (Lipinski definition) is 1. The fourth-order valence-electron chi connectivity index (χ4n) is 4.98. The Labute approximate surface area is 231 Å². The third kappa shape index (κ3) is 7.58. The zero-order valence-corrected chi connectivity index (χ0v) is 23.6. The van der Waals surface area contributed by atoms with Crippen molar-refractivity contribution >= 4 is 21.8 Å². The Balaban J connectivity index is 1.41. The minimum atomic E-state index is -3.48. The monoisotopic (exact) mass is 557 g/mol. The largest absolute Gasteiger partial charge is 0.497 e. The van der Waals surface area contributed by atoms with Crippen molar-refractivity contribution in [3.05, 3.63) is 59.7 Å². The Morgan fingerprint density at radius 1 is 1.05 bits per heavy atom. The highest BCUT2D eigenvalue weighted by Crippen LogP contribution is 2.22. The summed E-state index contributed by atoms with van der Waals surface area (Å²) in [7, 11) is -1.88. The molecular formula is C29H39N3O6S. The van der Waals surface area contributed by atoms with Crippen LogP contribution in [0.2, 0.25) is 0 Å². The van der Waals surface area contributed by atoms with Gasteiger partial charge in [0.15, 0.2) is 0 Å². The van der Waals surface area contributed by atoms with Crippen LogP contribution in [0.1, 0.15) is 50.2 Å². The summed E-state index contributed by atoms with van der Waals surface area (Å²) in [5.74, 6) is 0.345. The second kappa shape index (κ2) is 13.4. The Kier molecular flexibility index (Phi) is 9.99. The van der Waals surface area contributed by atoms with E-state index in [0.29, 0.717) is 38.4 Å². The number of amides is 2. The second-order valence-electron chi connectivity index (χ2n) is 10.2. The van der Waals surface area contributed by atoms with E-state index in [2.05, 4.69) is 5.32 Å². The van der Waals surface area contributed by atoms with Crippen molar-refractivity contribution in [3.63, 3.8) is 0 Å². The van der Waals surface area contributed by atoms with Gasteiger partial charge < -0.3 is 19.7 Å². The van der Waals surface area contributed by atoms with Crippen molar-refractivity contribution in [2.45, 2.75) is 69.0 Å². The predicted octanol–water partition coefficient (Wildman–Crippen LogP) is 3.12. The molecule has 9 nitrogen and oxygen atoms in total. The standard InChI is InChI=1S/C29H39N3O6S/c1-22(29(34)30-20-26-6-5-19-38-26)32(21-24-7-12-25(37-2)13-8-24)28(33)16-11-23-9-14-27(15-10-23)39(35,36)31-17-3-4-18-31/h7-10,12-15,22,26H,3-6,11,16-21H2,1-2H3,(H,30,34). The lowest BCUT2D eigenvalue weighted by molar-refractivity contribution is -0.140. The van der Waals surface area contributed by atoms with Crippen molar-refractivity contribution in [1.82, 2.24) is 14.5 Å². The number of hydrogen-bond acceptors (Lipinski definition) is 6. The zero-order chi connectivity index (χ0) is 27.8. The third-order valence-corrected chi connectivity index (χ3v) is 9.37. The van der Waals surface area contributed by atoms with E-state index in [1.54, 1.807) is 43.2 Å². The zero-order valence-electron chi connectivity index (χ0n) is 22.8. The molecule has 212 valence electrons. The number of ether oxygens (including phenoxy) is 2. The summed E-state index contributed by atoms with van der Waals surface area (Å²) in [6.45, 7) is 4.28. The van der Waals surface area contributed by atoms with Gasteiger partial charge in [0.25, 0.3) is 0 Å². The minimum absolute atomic E-state index is 0.0177. The maximum Gasteiger partial charge on any atom is 0.243 e. The number of methoxy groups -OCH3 is 1. The number of nitrogens with zero attached hydrogens (tertiary/aromatic N) is 2. The van der Waals surface area contributed by atoms with Crippen LogP contribution in [-0.4, -0.2) is 74.9 Å². The van der Waals surface area contributed by atoms with E-state index in [1.165, 1.54) is 4.31 Å². The molecule has 2 saturated heterocycles. The number of benzene rings is 2. The summed E-state index contributed by atoms with van der Waals surface area (Å²) < 4.78 is 38.0. The molecule has 0 aliphatic carbocycles. The summed E-state index contributed by atoms with van der Waals surface area (Å²) in [6.07, 6.45) is 4.33. The molecule has 2 heterocycles. The van der Waals surface area contributed by atoms with E-state index < -0.39 is 16.1 Å². The Morgan fingerprint density at radius 2 is 1.72 bits per heavy atom. The van der Waals surface area contributed by atoms with Crippen molar-refractivity contribution in [1.29, 1.82) is 0 Å². The average Bonchev–Trinajstić information content (AvgIpc) is 3.69. The lowest BCUT2D eigenvalue weighted by Gasteiger charge is -2.29. The molecule has 2 aliphatic rings. The lowest BCUT2D eigenvalue weighted by Crippen LogP contribution is -2.49. The summed E-state index contributed by atoms with van der Waals surface area (Å²) >= 11 is 0. The van der Waals surface area contributed by atoms with Crippen molar-refractivity contribution in [3.8, 4) is 5.75 Å². The smallest absolute Gasteiger partial charge is 0.243 e. The molecule has 4 rings (SSSR count). The average molecular weight is 558 g/mol. The van der Waals surface area contributed by atoms with Crippen LogP contribution >= 0.6 is 0 Å². The van der Waals surface area contributed by atoms with E-state index in [4.69, 9.17) is 9.47 Å². The first-order valence-corrected chi connectivity index (χ1v) is 15.1. The van der Waals surface area contributed by atoms with Crippen LogP contribution in [-0.2, 0) is 37.3 Å². The summed E-state index contributed by atoms with van der Waals surface area (Å²) in [4.78, 5) is 28.3. The van der Waals surface area contributed by atoms with Gasteiger partial charge in [0, 0.05) is 39.2 Å². The third-order valence-electron chi connectivity index (χ3n) is 7.46. The molecule has 2 fully saturated rings. The molecule has 2 atom stereocenters. The number of carbonyl (C=O) groups excluding carboxylic acids is 2. The van der Waals surface area contributed by atoms with Crippen LogP contribution in [0.4, 0.5) is 0 Å². The van der Waals surface area contributed by atoms with Gasteiger partial charge in [0.2, 0.25) is 21.8 Å². The van der Waals surface area contributed by atoms with Crippen molar-refractivity contribution < 1.29 is 27.5 Å². The molecule has 2 unspecified atom stereocenters. The van der Waals surface area contributed by atoms with Crippen LogP contribution in [0.3, 0.4) is 0 Å². The molecule has 0 spiro atoms. The Morgan fingerprint density at radius 3 is 2.33 bits per heavy atom. The molecule has 2 aromatic carbocycles. The summed E-state index contributed by atoms with van der Waals surface area (Å²) in [6, 6.07) is 13.5. The Hall–Kier alpha value is -2.95. The van der Waals surface area contributed by atoms with Crippen molar-refractivity contribution in [2.24, 2.45) is 0 Å². The summed E-state index contributed by atoms with van der Waals surface area (Å²) in [5.41, 5.74) is 1.75. The number of rotatable bonds is 12. The maximum absolute atomic E-state index is 13.4. The molecule has 10 heteroatoms. The fraction of sp³-hybridized carbons (Fsp3) is 0.517. The van der Waals surface area contributed by atoms with Gasteiger partial charge in [0.1, 0.15) is 11.8 Å². The fourth-order valence-corrected chi connectivity index (χ4v) is 6.50. The maximum atomic E-state index is 13.4. The molecule has 0 saturated carbocycles. The van der Waals surface area contributed by atoms with E-state index in [9.17, 15) is 18.0 Å². The topological polar surface area (TPSA) is 105 Å². The number of sulfonamides is 1. The minimum Gasteiger partial charge on any atom is -0.497 e. The van der Waals surface area contributed by atoms with E-state index in [-0.39, 0.29) is 35.8 Å². The van der Waals surface area contributed by atoms with Crippen LogP contribution in [0.25, 0.3) is 0 Å².